The summed E-state index contributed by atoms with van der Waals surface area (Å²) in [5.74, 6) is -3.64. The second kappa shape index (κ2) is 5.68. The van der Waals surface area contributed by atoms with Gasteiger partial charge < -0.3 is 28.8 Å². The van der Waals surface area contributed by atoms with Gasteiger partial charge in [0.25, 0.3) is 0 Å². The van der Waals surface area contributed by atoms with Crippen molar-refractivity contribution < 1.29 is 38.0 Å². The van der Waals surface area contributed by atoms with Crippen molar-refractivity contribution in [2.24, 2.45) is 0 Å². The van der Waals surface area contributed by atoms with Crippen LogP contribution in [0.3, 0.4) is 0 Å². The van der Waals surface area contributed by atoms with Gasteiger partial charge in [0.1, 0.15) is 6.10 Å². The van der Waals surface area contributed by atoms with Crippen LogP contribution in [0.5, 0.6) is 0 Å². The monoisotopic (exact) mass is 322 g/mol. The largest absolute Gasteiger partial charge is 0.467 e. The molecule has 1 saturated carbocycles. The van der Waals surface area contributed by atoms with E-state index in [4.69, 9.17) is 18.9 Å². The molecule has 0 spiro atoms. The highest BCUT2D eigenvalue weighted by atomic mass is 19.1. The topological polar surface area (TPSA) is 83.5 Å². The molecule has 2 fully saturated rings. The van der Waals surface area contributed by atoms with Gasteiger partial charge in [0.05, 0.1) is 19.3 Å². The zero-order valence-corrected chi connectivity index (χ0v) is 13.4. The zero-order chi connectivity index (χ0) is 16.8. The Balaban J connectivity index is 2.30. The Hall–Kier alpha value is -0.800. The first-order chi connectivity index (χ1) is 10.1. The number of alkyl halides is 1. The lowest BCUT2D eigenvalue weighted by molar-refractivity contribution is -0.459. The lowest BCUT2D eigenvalue weighted by Crippen LogP contribution is -2.70. The SMILES string of the molecule is COC(=O)[C@@]1(F)C[C@@H](O)[C@H]2O[C@](C)(OC)[C@@](C)(OC)O[C@@H]2C1. The van der Waals surface area contributed by atoms with Crippen LogP contribution >= 0.6 is 0 Å². The normalized spacial score (nSPS) is 48.6. The number of hydrogen-bond donors (Lipinski definition) is 1. The number of halogens is 1. The van der Waals surface area contributed by atoms with E-state index in [0.717, 1.165) is 7.11 Å². The van der Waals surface area contributed by atoms with Gasteiger partial charge in [-0.25, -0.2) is 9.18 Å². The summed E-state index contributed by atoms with van der Waals surface area (Å²) in [6.45, 7) is 3.20. The first kappa shape index (κ1) is 17.6. The molecule has 0 amide bonds. The lowest BCUT2D eigenvalue weighted by Gasteiger charge is -2.55. The fourth-order valence-corrected chi connectivity index (χ4v) is 3.06. The maximum absolute atomic E-state index is 14.8. The summed E-state index contributed by atoms with van der Waals surface area (Å²) in [6, 6.07) is 0. The van der Waals surface area contributed by atoms with Gasteiger partial charge in [0, 0.05) is 27.1 Å². The van der Waals surface area contributed by atoms with Gasteiger partial charge in [-0.3, -0.25) is 0 Å². The summed E-state index contributed by atoms with van der Waals surface area (Å²) in [5.41, 5.74) is -2.33. The first-order valence-corrected chi connectivity index (χ1v) is 7.06. The van der Waals surface area contributed by atoms with Gasteiger partial charge in [0.2, 0.25) is 17.2 Å². The third-order valence-corrected chi connectivity index (χ3v) is 4.70. The third-order valence-electron chi connectivity index (χ3n) is 4.70. The minimum absolute atomic E-state index is 0.292. The minimum atomic E-state index is -2.33. The van der Waals surface area contributed by atoms with Gasteiger partial charge in [-0.1, -0.05) is 0 Å². The van der Waals surface area contributed by atoms with Crippen molar-refractivity contribution >= 4 is 5.97 Å². The second-order valence-electron chi connectivity index (χ2n) is 5.97. The number of carbonyl (C=O) groups is 1. The number of rotatable bonds is 3. The van der Waals surface area contributed by atoms with Crippen molar-refractivity contribution in [3.05, 3.63) is 0 Å². The van der Waals surface area contributed by atoms with E-state index in [1.807, 2.05) is 0 Å². The lowest BCUT2D eigenvalue weighted by atomic mass is 9.79. The van der Waals surface area contributed by atoms with Gasteiger partial charge >= 0.3 is 5.97 Å². The van der Waals surface area contributed by atoms with E-state index in [1.165, 1.54) is 14.2 Å². The molecule has 2 aliphatic rings. The Kier molecular flexibility index (Phi) is 4.53. The number of hydrogen-bond acceptors (Lipinski definition) is 7. The van der Waals surface area contributed by atoms with Crippen molar-refractivity contribution in [1.29, 1.82) is 0 Å². The summed E-state index contributed by atoms with van der Waals surface area (Å²) < 4.78 is 41.6. The smallest absolute Gasteiger partial charge is 0.343 e. The number of esters is 1. The predicted octanol–water partition coefficient (Wildman–Crippen LogP) is 0.532. The van der Waals surface area contributed by atoms with E-state index in [9.17, 15) is 14.3 Å². The number of carbonyl (C=O) groups excluding carboxylic acids is 1. The Bertz CT molecular complexity index is 447. The van der Waals surface area contributed by atoms with Gasteiger partial charge in [0.15, 0.2) is 0 Å². The Morgan fingerprint density at radius 1 is 1.14 bits per heavy atom. The van der Waals surface area contributed by atoms with E-state index in [-0.39, 0.29) is 6.42 Å². The van der Waals surface area contributed by atoms with Crippen LogP contribution in [0.1, 0.15) is 26.7 Å². The van der Waals surface area contributed by atoms with Crippen LogP contribution < -0.4 is 0 Å². The average molecular weight is 322 g/mol. The third kappa shape index (κ3) is 2.52. The van der Waals surface area contributed by atoms with E-state index in [2.05, 4.69) is 4.74 Å². The summed E-state index contributed by atoms with van der Waals surface area (Å²) >= 11 is 0. The Labute approximate surface area is 128 Å². The van der Waals surface area contributed by atoms with Crippen molar-refractivity contribution in [2.75, 3.05) is 21.3 Å². The molecule has 1 saturated heterocycles. The number of aliphatic hydroxyl groups excluding tert-OH is 1. The van der Waals surface area contributed by atoms with Crippen molar-refractivity contribution in [3.63, 3.8) is 0 Å². The summed E-state index contributed by atoms with van der Waals surface area (Å²) in [4.78, 5) is 11.7. The van der Waals surface area contributed by atoms with E-state index in [0.29, 0.717) is 0 Å². The standard InChI is InChI=1S/C14H23FO7/c1-12(19-4)13(2,20-5)22-10-8(16)6-14(15,11(17)18-3)7-9(10)21-12/h8-10,16H,6-7H2,1-5H3/t8-,9-,10-,12+,13+,14-/m1/s1. The maximum Gasteiger partial charge on any atom is 0.343 e. The first-order valence-electron chi connectivity index (χ1n) is 7.06. The Morgan fingerprint density at radius 2 is 1.68 bits per heavy atom. The van der Waals surface area contributed by atoms with E-state index >= 15 is 0 Å². The molecule has 0 radical (unpaired) electrons. The molecule has 8 heteroatoms. The van der Waals surface area contributed by atoms with Crippen LogP contribution in [0.25, 0.3) is 0 Å². The molecule has 128 valence electrons. The predicted molar refractivity (Wildman–Crippen MR) is 71.7 cm³/mol. The number of ether oxygens (including phenoxy) is 5. The molecule has 7 nitrogen and oxygen atoms in total. The summed E-state index contributed by atoms with van der Waals surface area (Å²) in [7, 11) is 3.93. The van der Waals surface area contributed by atoms with Gasteiger partial charge in [-0.15, -0.1) is 0 Å². The minimum Gasteiger partial charge on any atom is -0.467 e. The van der Waals surface area contributed by atoms with E-state index in [1.54, 1.807) is 13.8 Å². The summed E-state index contributed by atoms with van der Waals surface area (Å²) in [5, 5.41) is 10.2. The fraction of sp³-hybridized carbons (Fsp3) is 0.929. The molecule has 6 atom stereocenters. The highest BCUT2D eigenvalue weighted by Gasteiger charge is 2.63. The number of aliphatic hydroxyl groups is 1. The highest BCUT2D eigenvalue weighted by molar-refractivity contribution is 5.79. The van der Waals surface area contributed by atoms with Crippen LogP contribution in [0.2, 0.25) is 0 Å². The quantitative estimate of drug-likeness (QED) is 0.759. The van der Waals surface area contributed by atoms with Crippen LogP contribution in [0.4, 0.5) is 4.39 Å². The highest BCUT2D eigenvalue weighted by Crippen LogP contribution is 2.46. The molecule has 0 bridgehead atoms. The molecule has 0 unspecified atom stereocenters. The van der Waals surface area contributed by atoms with Crippen LogP contribution in [0.15, 0.2) is 0 Å². The molecule has 0 aromatic carbocycles. The number of fused-ring (bicyclic) bond motifs is 1. The molecule has 22 heavy (non-hydrogen) atoms. The van der Waals surface area contributed by atoms with Crippen LogP contribution in [0, 0.1) is 0 Å². The second-order valence-corrected chi connectivity index (χ2v) is 5.97. The summed E-state index contributed by atoms with van der Waals surface area (Å²) in [6.07, 6.45) is -3.66. The molecule has 1 aliphatic carbocycles. The average Bonchev–Trinajstić information content (AvgIpc) is 2.48. The number of methoxy groups -OCH3 is 3. The fourth-order valence-electron chi connectivity index (χ4n) is 3.06. The molecule has 0 aromatic heterocycles. The maximum atomic E-state index is 14.8. The van der Waals surface area contributed by atoms with Crippen molar-refractivity contribution in [3.8, 4) is 0 Å². The van der Waals surface area contributed by atoms with Gasteiger partial charge in [-0.05, 0) is 13.8 Å². The Morgan fingerprint density at radius 3 is 2.18 bits per heavy atom. The molecule has 1 heterocycles. The van der Waals surface area contributed by atoms with Gasteiger partial charge in [-0.2, -0.15) is 0 Å². The van der Waals surface area contributed by atoms with Crippen molar-refractivity contribution in [2.45, 2.75) is 62.2 Å². The molecule has 1 N–H and O–H groups in total. The van der Waals surface area contributed by atoms with Crippen LogP contribution in [-0.4, -0.2) is 68.0 Å². The van der Waals surface area contributed by atoms with Crippen LogP contribution in [-0.2, 0) is 28.5 Å². The molecular weight excluding hydrogens is 299 g/mol. The molecule has 0 aromatic rings. The molecule has 1 aliphatic heterocycles. The van der Waals surface area contributed by atoms with E-state index < -0.39 is 47.9 Å². The molecule has 2 rings (SSSR count). The zero-order valence-electron chi connectivity index (χ0n) is 13.4. The molecular formula is C14H23FO7. The van der Waals surface area contributed by atoms with Crippen molar-refractivity contribution in [1.82, 2.24) is 0 Å².